The van der Waals surface area contributed by atoms with E-state index in [1.165, 1.54) is 5.00 Å². The van der Waals surface area contributed by atoms with Crippen molar-refractivity contribution in [3.63, 3.8) is 0 Å². The normalized spacial score (nSPS) is 15.5. The second kappa shape index (κ2) is 8.01. The summed E-state index contributed by atoms with van der Waals surface area (Å²) < 4.78 is 5.30. The molecule has 0 spiro atoms. The molecule has 24 heavy (non-hydrogen) atoms. The van der Waals surface area contributed by atoms with Crippen molar-refractivity contribution >= 4 is 22.3 Å². The molecule has 1 aliphatic heterocycles. The van der Waals surface area contributed by atoms with Crippen LogP contribution in [-0.4, -0.2) is 56.2 Å². The SMILES string of the molecule is CN=C(NCc1cccnc1OC)N1CCN(c2cccs2)CC1. The van der Waals surface area contributed by atoms with Crippen LogP contribution in [0, 0.1) is 0 Å². The van der Waals surface area contributed by atoms with E-state index >= 15 is 0 Å². The number of aromatic nitrogens is 1. The summed E-state index contributed by atoms with van der Waals surface area (Å²) in [5.74, 6) is 1.58. The molecule has 3 rings (SSSR count). The average molecular weight is 345 g/mol. The van der Waals surface area contributed by atoms with E-state index < -0.39 is 0 Å². The number of thiophene rings is 1. The maximum absolute atomic E-state index is 5.30. The zero-order valence-corrected chi connectivity index (χ0v) is 14.9. The van der Waals surface area contributed by atoms with Crippen molar-refractivity contribution in [1.82, 2.24) is 15.2 Å². The Labute approximate surface area is 146 Å². The molecule has 1 saturated heterocycles. The van der Waals surface area contributed by atoms with Gasteiger partial charge in [-0.25, -0.2) is 4.98 Å². The standard InChI is InChI=1S/C17H23N5OS/c1-18-17(20-13-14-5-3-7-19-16(14)23-2)22-10-8-21(9-11-22)15-6-4-12-24-15/h3-7,12H,8-11,13H2,1-2H3,(H,18,20). The maximum atomic E-state index is 5.30. The van der Waals surface area contributed by atoms with Crippen molar-refractivity contribution in [2.24, 2.45) is 4.99 Å². The van der Waals surface area contributed by atoms with Crippen LogP contribution in [0.25, 0.3) is 0 Å². The summed E-state index contributed by atoms with van der Waals surface area (Å²) in [6.07, 6.45) is 1.74. The number of guanidine groups is 1. The van der Waals surface area contributed by atoms with Gasteiger partial charge in [-0.3, -0.25) is 4.99 Å². The van der Waals surface area contributed by atoms with Gasteiger partial charge < -0.3 is 19.9 Å². The Hall–Kier alpha value is -2.28. The topological polar surface area (TPSA) is 53.0 Å². The van der Waals surface area contributed by atoms with E-state index in [2.05, 4.69) is 42.6 Å². The van der Waals surface area contributed by atoms with Crippen LogP contribution in [0.1, 0.15) is 5.56 Å². The first-order valence-electron chi connectivity index (χ1n) is 8.03. The lowest BCUT2D eigenvalue weighted by atomic mass is 10.2. The molecule has 0 bridgehead atoms. The number of ether oxygens (including phenoxy) is 1. The van der Waals surface area contributed by atoms with E-state index in [4.69, 9.17) is 4.74 Å². The van der Waals surface area contributed by atoms with Gasteiger partial charge in [0.05, 0.1) is 12.1 Å². The van der Waals surface area contributed by atoms with Gasteiger partial charge in [-0.2, -0.15) is 0 Å². The molecular weight excluding hydrogens is 322 g/mol. The third-order valence-corrected chi connectivity index (χ3v) is 5.02. The lowest BCUT2D eigenvalue weighted by molar-refractivity contribution is 0.371. The molecule has 0 radical (unpaired) electrons. The van der Waals surface area contributed by atoms with Crippen molar-refractivity contribution in [2.45, 2.75) is 6.54 Å². The first kappa shape index (κ1) is 16.6. The molecule has 2 aromatic rings. The molecule has 0 saturated carbocycles. The summed E-state index contributed by atoms with van der Waals surface area (Å²) in [6, 6.07) is 8.22. The van der Waals surface area contributed by atoms with Crippen molar-refractivity contribution in [3.05, 3.63) is 41.4 Å². The van der Waals surface area contributed by atoms with Crippen molar-refractivity contribution in [1.29, 1.82) is 0 Å². The van der Waals surface area contributed by atoms with Gasteiger partial charge in [0, 0.05) is 51.5 Å². The van der Waals surface area contributed by atoms with Crippen LogP contribution < -0.4 is 15.0 Å². The molecule has 0 aromatic carbocycles. The maximum Gasteiger partial charge on any atom is 0.218 e. The van der Waals surface area contributed by atoms with Crippen LogP contribution in [0.4, 0.5) is 5.00 Å². The first-order valence-corrected chi connectivity index (χ1v) is 8.91. The molecule has 128 valence electrons. The molecule has 0 atom stereocenters. The van der Waals surface area contributed by atoms with Gasteiger partial charge in [-0.05, 0) is 23.6 Å². The van der Waals surface area contributed by atoms with E-state index in [-0.39, 0.29) is 0 Å². The highest BCUT2D eigenvalue weighted by Crippen LogP contribution is 2.22. The molecule has 0 amide bonds. The molecule has 1 fully saturated rings. The van der Waals surface area contributed by atoms with Crippen molar-refractivity contribution in [2.75, 3.05) is 45.2 Å². The monoisotopic (exact) mass is 345 g/mol. The van der Waals surface area contributed by atoms with E-state index in [1.807, 2.05) is 19.2 Å². The highest BCUT2D eigenvalue weighted by atomic mass is 32.1. The highest BCUT2D eigenvalue weighted by molar-refractivity contribution is 7.14. The third-order valence-electron chi connectivity index (χ3n) is 4.09. The Morgan fingerprint density at radius 3 is 2.79 bits per heavy atom. The summed E-state index contributed by atoms with van der Waals surface area (Å²) in [5.41, 5.74) is 1.03. The number of methoxy groups -OCH3 is 1. The Morgan fingerprint density at radius 2 is 2.12 bits per heavy atom. The minimum absolute atomic E-state index is 0.648. The predicted molar refractivity (Wildman–Crippen MR) is 99.1 cm³/mol. The number of hydrogen-bond acceptors (Lipinski definition) is 5. The van der Waals surface area contributed by atoms with Gasteiger partial charge in [0.25, 0.3) is 0 Å². The molecular formula is C17H23N5OS. The minimum Gasteiger partial charge on any atom is -0.481 e. The molecule has 6 nitrogen and oxygen atoms in total. The first-order chi connectivity index (χ1) is 11.8. The lowest BCUT2D eigenvalue weighted by Crippen LogP contribution is -2.52. The fraction of sp³-hybridized carbons (Fsp3) is 0.412. The number of pyridine rings is 1. The Bertz CT molecular complexity index is 665. The quantitative estimate of drug-likeness (QED) is 0.679. The summed E-state index contributed by atoms with van der Waals surface area (Å²) in [4.78, 5) is 13.4. The second-order valence-electron chi connectivity index (χ2n) is 5.50. The van der Waals surface area contributed by atoms with E-state index in [0.29, 0.717) is 12.4 Å². The van der Waals surface area contributed by atoms with Crippen LogP contribution >= 0.6 is 11.3 Å². The van der Waals surface area contributed by atoms with E-state index in [1.54, 1.807) is 24.6 Å². The Morgan fingerprint density at radius 1 is 1.29 bits per heavy atom. The van der Waals surface area contributed by atoms with Gasteiger partial charge in [0.2, 0.25) is 5.88 Å². The largest absolute Gasteiger partial charge is 0.481 e. The molecule has 0 aliphatic carbocycles. The van der Waals surface area contributed by atoms with Crippen molar-refractivity contribution in [3.8, 4) is 5.88 Å². The number of anilines is 1. The number of piperazine rings is 1. The summed E-state index contributed by atoms with van der Waals surface area (Å²) >= 11 is 1.80. The molecule has 2 aromatic heterocycles. The van der Waals surface area contributed by atoms with Gasteiger partial charge in [0.15, 0.2) is 5.96 Å². The van der Waals surface area contributed by atoms with E-state index in [0.717, 1.165) is 37.7 Å². The van der Waals surface area contributed by atoms with Crippen LogP contribution in [0.5, 0.6) is 5.88 Å². The number of nitrogens with one attached hydrogen (secondary N) is 1. The van der Waals surface area contributed by atoms with Gasteiger partial charge in [-0.1, -0.05) is 6.07 Å². The molecule has 1 N–H and O–H groups in total. The molecule has 1 aliphatic rings. The lowest BCUT2D eigenvalue weighted by Gasteiger charge is -2.37. The highest BCUT2D eigenvalue weighted by Gasteiger charge is 2.20. The fourth-order valence-corrected chi connectivity index (χ4v) is 3.62. The van der Waals surface area contributed by atoms with Gasteiger partial charge in [-0.15, -0.1) is 11.3 Å². The summed E-state index contributed by atoms with van der Waals surface area (Å²) in [6.45, 7) is 4.59. The fourth-order valence-electron chi connectivity index (χ4n) is 2.84. The third kappa shape index (κ3) is 3.79. The number of aliphatic imine (C=N–C) groups is 1. The molecule has 0 unspecified atom stereocenters. The number of rotatable bonds is 4. The smallest absolute Gasteiger partial charge is 0.218 e. The summed E-state index contributed by atoms with van der Waals surface area (Å²) in [7, 11) is 3.47. The predicted octanol–water partition coefficient (Wildman–Crippen LogP) is 2.05. The second-order valence-corrected chi connectivity index (χ2v) is 6.42. The van der Waals surface area contributed by atoms with E-state index in [9.17, 15) is 0 Å². The van der Waals surface area contributed by atoms with Crippen molar-refractivity contribution < 1.29 is 4.74 Å². The van der Waals surface area contributed by atoms with Gasteiger partial charge in [0.1, 0.15) is 0 Å². The summed E-state index contributed by atoms with van der Waals surface area (Å²) in [5, 5.41) is 6.89. The Kier molecular flexibility index (Phi) is 5.53. The van der Waals surface area contributed by atoms with Crippen LogP contribution in [-0.2, 0) is 6.54 Å². The average Bonchev–Trinajstić information content (AvgIpc) is 3.18. The molecule has 3 heterocycles. The number of nitrogens with zero attached hydrogens (tertiary/aromatic N) is 4. The number of hydrogen-bond donors (Lipinski definition) is 1. The van der Waals surface area contributed by atoms with Crippen LogP contribution in [0.15, 0.2) is 40.8 Å². The van der Waals surface area contributed by atoms with Crippen LogP contribution in [0.3, 0.4) is 0 Å². The van der Waals surface area contributed by atoms with Gasteiger partial charge >= 0.3 is 0 Å². The zero-order valence-electron chi connectivity index (χ0n) is 14.1. The Balaban J connectivity index is 1.56. The zero-order chi connectivity index (χ0) is 16.8. The van der Waals surface area contributed by atoms with Crippen LogP contribution in [0.2, 0.25) is 0 Å². The molecule has 7 heteroatoms. The minimum atomic E-state index is 0.648.